The molecule has 0 amide bonds. The Kier molecular flexibility index (Phi) is 4.29. The van der Waals surface area contributed by atoms with Gasteiger partial charge in [0.15, 0.2) is 6.10 Å². The van der Waals surface area contributed by atoms with Gasteiger partial charge in [-0.25, -0.2) is 0 Å². The molecule has 0 aliphatic carbocycles. The van der Waals surface area contributed by atoms with E-state index >= 15 is 0 Å². The number of aromatic amines is 1. The van der Waals surface area contributed by atoms with E-state index in [1.165, 1.54) is 6.07 Å². The number of nitrogens with zero attached hydrogens (tertiary/aromatic N) is 1. The zero-order valence-electron chi connectivity index (χ0n) is 13.2. The molecule has 0 saturated carbocycles. The number of fused-ring (bicyclic) bond motifs is 1. The Labute approximate surface area is 136 Å². The van der Waals surface area contributed by atoms with E-state index < -0.39 is 18.3 Å². The number of aromatic nitrogens is 1. The number of alkyl halides is 3. The minimum absolute atomic E-state index is 0.196. The normalized spacial score (nSPS) is 19.9. The van der Waals surface area contributed by atoms with E-state index in [2.05, 4.69) is 4.98 Å². The number of aliphatic hydroxyl groups excluding tert-OH is 1. The average Bonchev–Trinajstić information content (AvgIpc) is 3.01. The maximum absolute atomic E-state index is 12.9. The number of benzene rings is 1. The minimum Gasteiger partial charge on any atom is -0.382 e. The molecule has 24 heavy (non-hydrogen) atoms. The molecule has 1 aromatic carbocycles. The largest absolute Gasteiger partial charge is 0.416 e. The maximum Gasteiger partial charge on any atom is 0.416 e. The highest BCUT2D eigenvalue weighted by molar-refractivity contribution is 5.85. The Morgan fingerprint density at radius 3 is 2.79 bits per heavy atom. The molecular weight excluding hydrogens is 321 g/mol. The fourth-order valence-corrected chi connectivity index (χ4v) is 3.44. The Morgan fingerprint density at radius 1 is 1.38 bits per heavy atom. The van der Waals surface area contributed by atoms with Crippen molar-refractivity contribution >= 4 is 16.6 Å². The first-order valence-electron chi connectivity index (χ1n) is 7.98. The third-order valence-corrected chi connectivity index (χ3v) is 4.62. The second-order valence-electron chi connectivity index (χ2n) is 6.13. The monoisotopic (exact) mass is 340 g/mol. The molecule has 2 N–H and O–H groups in total. The summed E-state index contributed by atoms with van der Waals surface area (Å²) in [6.45, 7) is 2.39. The summed E-state index contributed by atoms with van der Waals surface area (Å²) in [5.41, 5.74) is 1.95. The third-order valence-electron chi connectivity index (χ3n) is 4.62. The lowest BCUT2D eigenvalue weighted by Gasteiger charge is -2.31. The van der Waals surface area contributed by atoms with Crippen LogP contribution in [-0.2, 0) is 6.42 Å². The molecule has 4 nitrogen and oxygen atoms in total. The highest BCUT2D eigenvalue weighted by Gasteiger charge is 2.47. The van der Waals surface area contributed by atoms with Gasteiger partial charge in [-0.15, -0.1) is 0 Å². The maximum atomic E-state index is 12.9. The van der Waals surface area contributed by atoms with Gasteiger partial charge in [0.2, 0.25) is 5.56 Å². The quantitative estimate of drug-likeness (QED) is 0.903. The van der Waals surface area contributed by atoms with E-state index in [1.54, 1.807) is 23.1 Å². The minimum atomic E-state index is -4.63. The van der Waals surface area contributed by atoms with Crippen molar-refractivity contribution in [3.63, 3.8) is 0 Å². The predicted molar refractivity (Wildman–Crippen MR) is 86.4 cm³/mol. The Morgan fingerprint density at radius 2 is 2.12 bits per heavy atom. The van der Waals surface area contributed by atoms with E-state index in [0.29, 0.717) is 37.0 Å². The summed E-state index contributed by atoms with van der Waals surface area (Å²) < 4.78 is 38.7. The topological polar surface area (TPSA) is 56.3 Å². The van der Waals surface area contributed by atoms with Gasteiger partial charge in [0, 0.05) is 29.2 Å². The van der Waals surface area contributed by atoms with E-state index in [-0.39, 0.29) is 5.56 Å². The first-order valence-corrected chi connectivity index (χ1v) is 7.98. The fourth-order valence-electron chi connectivity index (χ4n) is 3.44. The smallest absolute Gasteiger partial charge is 0.382 e. The lowest BCUT2D eigenvalue weighted by molar-refractivity contribution is -0.209. The van der Waals surface area contributed by atoms with Gasteiger partial charge in [0.05, 0.1) is 6.04 Å². The van der Waals surface area contributed by atoms with Crippen LogP contribution in [0.15, 0.2) is 29.1 Å². The molecule has 0 bridgehead atoms. The molecule has 1 aliphatic rings. The summed E-state index contributed by atoms with van der Waals surface area (Å²) in [5.74, 6) is 0. The molecule has 3 rings (SSSR count). The van der Waals surface area contributed by atoms with Crippen LogP contribution in [0.2, 0.25) is 0 Å². The summed E-state index contributed by atoms with van der Waals surface area (Å²) in [5, 5.41) is 10.5. The van der Waals surface area contributed by atoms with Crippen molar-refractivity contribution in [2.24, 2.45) is 0 Å². The van der Waals surface area contributed by atoms with Crippen LogP contribution in [-0.4, -0.2) is 35.0 Å². The molecule has 2 atom stereocenters. The molecular formula is C17H19F3N2O2. The number of rotatable bonds is 3. The van der Waals surface area contributed by atoms with Crippen LogP contribution < -0.4 is 10.5 Å². The molecule has 2 aromatic rings. The van der Waals surface area contributed by atoms with Crippen molar-refractivity contribution in [2.75, 3.05) is 11.4 Å². The average molecular weight is 340 g/mol. The van der Waals surface area contributed by atoms with Gasteiger partial charge in [-0.3, -0.25) is 4.79 Å². The van der Waals surface area contributed by atoms with Crippen molar-refractivity contribution in [3.8, 4) is 0 Å². The molecule has 0 radical (unpaired) electrons. The summed E-state index contributed by atoms with van der Waals surface area (Å²) in [7, 11) is 0. The van der Waals surface area contributed by atoms with Gasteiger partial charge in [0.1, 0.15) is 0 Å². The fraction of sp³-hybridized carbons (Fsp3) is 0.471. The van der Waals surface area contributed by atoms with Gasteiger partial charge < -0.3 is 15.0 Å². The van der Waals surface area contributed by atoms with Gasteiger partial charge >= 0.3 is 6.18 Å². The number of aryl methyl sites for hydroxylation is 1. The number of H-pyrrole nitrogens is 1. The second-order valence-corrected chi connectivity index (χ2v) is 6.13. The summed E-state index contributed by atoms with van der Waals surface area (Å²) >= 11 is 0. The first kappa shape index (κ1) is 16.8. The van der Waals surface area contributed by atoms with Crippen LogP contribution >= 0.6 is 0 Å². The van der Waals surface area contributed by atoms with Crippen molar-refractivity contribution in [1.29, 1.82) is 0 Å². The summed E-state index contributed by atoms with van der Waals surface area (Å²) in [4.78, 5) is 16.0. The van der Waals surface area contributed by atoms with Crippen LogP contribution in [0.3, 0.4) is 0 Å². The highest BCUT2D eigenvalue weighted by Crippen LogP contribution is 2.35. The van der Waals surface area contributed by atoms with Crippen LogP contribution in [0, 0.1) is 0 Å². The van der Waals surface area contributed by atoms with Crippen LogP contribution in [0.25, 0.3) is 10.9 Å². The number of pyridine rings is 1. The number of aliphatic hydroxyl groups is 1. The van der Waals surface area contributed by atoms with Crippen LogP contribution in [0.1, 0.15) is 25.3 Å². The molecule has 130 valence electrons. The molecule has 1 aliphatic heterocycles. The standard InChI is InChI=1S/C17H19F3N2O2/c1-2-10-8-15(23)21-13-6-5-11(9-12(10)13)22-7-3-4-14(22)16(24)17(18,19)20/h5-6,8-9,14,16,24H,2-4,7H2,1H3,(H,21,23). The van der Waals surface area contributed by atoms with Crippen molar-refractivity contribution < 1.29 is 18.3 Å². The molecule has 0 spiro atoms. The van der Waals surface area contributed by atoms with Gasteiger partial charge in [-0.05, 0) is 43.0 Å². The Balaban J connectivity index is 2.02. The van der Waals surface area contributed by atoms with E-state index in [4.69, 9.17) is 0 Å². The van der Waals surface area contributed by atoms with E-state index in [9.17, 15) is 23.1 Å². The lowest BCUT2D eigenvalue weighted by atomic mass is 10.0. The van der Waals surface area contributed by atoms with Crippen molar-refractivity contribution in [1.82, 2.24) is 4.98 Å². The highest BCUT2D eigenvalue weighted by atomic mass is 19.4. The number of hydrogen-bond donors (Lipinski definition) is 2. The first-order chi connectivity index (χ1) is 11.3. The van der Waals surface area contributed by atoms with Gasteiger partial charge in [-0.1, -0.05) is 6.92 Å². The van der Waals surface area contributed by atoms with Crippen molar-refractivity contribution in [3.05, 3.63) is 40.2 Å². The Bertz CT molecular complexity index is 801. The molecule has 7 heteroatoms. The molecule has 2 unspecified atom stereocenters. The Hall–Kier alpha value is -2.02. The van der Waals surface area contributed by atoms with Gasteiger partial charge in [-0.2, -0.15) is 13.2 Å². The SMILES string of the molecule is CCc1cc(=O)[nH]c2ccc(N3CCCC3C(O)C(F)(F)F)cc12. The second kappa shape index (κ2) is 6.12. The van der Waals surface area contributed by atoms with E-state index in [0.717, 1.165) is 10.9 Å². The molecule has 1 aromatic heterocycles. The van der Waals surface area contributed by atoms with E-state index in [1.807, 2.05) is 6.92 Å². The predicted octanol–water partition coefficient (Wildman–Crippen LogP) is 2.98. The van der Waals surface area contributed by atoms with Gasteiger partial charge in [0.25, 0.3) is 0 Å². The number of halogens is 3. The third kappa shape index (κ3) is 3.00. The summed E-state index contributed by atoms with van der Waals surface area (Å²) in [6.07, 6.45) is -5.45. The number of hydrogen-bond acceptors (Lipinski definition) is 3. The number of anilines is 1. The summed E-state index contributed by atoms with van der Waals surface area (Å²) in [6, 6.07) is 5.74. The molecule has 1 fully saturated rings. The molecule has 2 heterocycles. The zero-order valence-corrected chi connectivity index (χ0v) is 13.2. The van der Waals surface area contributed by atoms with Crippen LogP contribution in [0.5, 0.6) is 0 Å². The van der Waals surface area contributed by atoms with Crippen molar-refractivity contribution in [2.45, 2.75) is 44.5 Å². The molecule has 1 saturated heterocycles. The van der Waals surface area contributed by atoms with Crippen LogP contribution in [0.4, 0.5) is 18.9 Å². The number of nitrogens with one attached hydrogen (secondary N) is 1. The lowest BCUT2D eigenvalue weighted by Crippen LogP contribution is -2.47. The zero-order chi connectivity index (χ0) is 17.5.